The number of ether oxygens (including phenoxy) is 2. The molecule has 0 amide bonds. The number of fused-ring (bicyclic) bond motifs is 4. The van der Waals surface area contributed by atoms with Gasteiger partial charge in [-0.25, -0.2) is 4.79 Å². The van der Waals surface area contributed by atoms with Crippen molar-refractivity contribution in [2.45, 2.75) is 64.1 Å². The second-order valence-electron chi connectivity index (χ2n) is 12.6. The van der Waals surface area contributed by atoms with Gasteiger partial charge in [-0.3, -0.25) is 4.79 Å². The highest BCUT2D eigenvalue weighted by Crippen LogP contribution is 2.67. The van der Waals surface area contributed by atoms with E-state index < -0.39 is 28.5 Å². The number of benzene rings is 1. The summed E-state index contributed by atoms with van der Waals surface area (Å²) in [5, 5.41) is 13.1. The van der Waals surface area contributed by atoms with Crippen molar-refractivity contribution in [1.29, 1.82) is 0 Å². The molecule has 1 aromatic carbocycles. The Hall–Kier alpha value is -3.38. The normalized spacial score (nSPS) is 36.2. The first-order chi connectivity index (χ1) is 19.2. The van der Waals surface area contributed by atoms with E-state index in [0.29, 0.717) is 31.2 Å². The minimum atomic E-state index is -1.45. The highest BCUT2D eigenvalue weighted by molar-refractivity contribution is 5.89. The van der Waals surface area contributed by atoms with Crippen LogP contribution in [0.1, 0.15) is 67.6 Å². The van der Waals surface area contributed by atoms with Crippen LogP contribution >= 0.6 is 0 Å². The van der Waals surface area contributed by atoms with Crippen molar-refractivity contribution in [1.82, 2.24) is 0 Å². The van der Waals surface area contributed by atoms with Crippen LogP contribution in [-0.2, 0) is 20.7 Å². The monoisotopic (exact) mass is 542 g/mol. The van der Waals surface area contributed by atoms with Crippen molar-refractivity contribution in [3.05, 3.63) is 90.4 Å². The Kier molecular flexibility index (Phi) is 6.65. The van der Waals surface area contributed by atoms with Gasteiger partial charge < -0.3 is 19.0 Å². The molecule has 2 aromatic rings. The molecule has 1 N–H and O–H groups in total. The van der Waals surface area contributed by atoms with E-state index in [0.717, 1.165) is 29.7 Å². The predicted octanol–water partition coefficient (Wildman–Crippen LogP) is 6.31. The summed E-state index contributed by atoms with van der Waals surface area (Å²) in [7, 11) is 0. The van der Waals surface area contributed by atoms with Crippen LogP contribution < -0.4 is 0 Å². The Morgan fingerprint density at radius 1 is 1.12 bits per heavy atom. The fourth-order valence-electron chi connectivity index (χ4n) is 8.27. The minimum absolute atomic E-state index is 0.0213. The Morgan fingerprint density at radius 2 is 1.93 bits per heavy atom. The molecule has 2 saturated carbocycles. The topological polar surface area (TPSA) is 86.0 Å². The number of aliphatic hydroxyl groups is 1. The first-order valence-electron chi connectivity index (χ1n) is 14.4. The number of carbonyl (C=O) groups is 2. The van der Waals surface area contributed by atoms with Crippen LogP contribution in [0.3, 0.4) is 0 Å². The number of allylic oxidation sites excluding steroid dienone is 4. The smallest absolute Gasteiger partial charge is 0.338 e. The third-order valence-corrected chi connectivity index (χ3v) is 10.5. The molecule has 0 radical (unpaired) electrons. The molecule has 0 saturated heterocycles. The van der Waals surface area contributed by atoms with Gasteiger partial charge in [0, 0.05) is 22.8 Å². The summed E-state index contributed by atoms with van der Waals surface area (Å²) in [5.41, 5.74) is -0.489. The molecule has 6 nitrogen and oxygen atoms in total. The van der Waals surface area contributed by atoms with E-state index in [9.17, 15) is 14.7 Å². The molecule has 1 heterocycles. The van der Waals surface area contributed by atoms with Gasteiger partial charge in [0.1, 0.15) is 17.5 Å². The average molecular weight is 543 g/mol. The van der Waals surface area contributed by atoms with E-state index in [1.54, 1.807) is 30.5 Å². The van der Waals surface area contributed by atoms with E-state index in [1.807, 2.05) is 43.4 Å². The maximum absolute atomic E-state index is 13.4. The summed E-state index contributed by atoms with van der Waals surface area (Å²) in [6, 6.07) is 10.9. The number of rotatable bonds is 5. The van der Waals surface area contributed by atoms with Gasteiger partial charge in [-0.2, -0.15) is 0 Å². The van der Waals surface area contributed by atoms with Crippen LogP contribution in [0, 0.1) is 28.6 Å². The quantitative estimate of drug-likeness (QED) is 0.446. The van der Waals surface area contributed by atoms with Gasteiger partial charge in [0.05, 0.1) is 24.4 Å². The van der Waals surface area contributed by atoms with Crippen LogP contribution in [-0.4, -0.2) is 35.4 Å². The highest BCUT2D eigenvalue weighted by atomic mass is 16.6. The molecule has 1 aromatic heterocycles. The van der Waals surface area contributed by atoms with Crippen LogP contribution in [0.5, 0.6) is 0 Å². The largest absolute Gasteiger partial charge is 0.469 e. The van der Waals surface area contributed by atoms with Gasteiger partial charge >= 0.3 is 11.9 Å². The standard InChI is InChI=1S/C34H38O6/c1-22-25-15-18-38-28(25)20-27-26(22)19-29(40-31(36)24-13-8-5-9-14-24)34(37)32(2,16-10-17-33(27,34)3)21-39-30(35)23-11-6-4-7-12-23/h4-9,11,13-15,18,23,26-27,29,37H,1,10,12,16-17,19-21H2,2-3H3/t23-,26-,27+,29+,32+,33+,34+/m0/s1. The van der Waals surface area contributed by atoms with E-state index >= 15 is 0 Å². The molecule has 210 valence electrons. The van der Waals surface area contributed by atoms with E-state index in [1.165, 1.54) is 0 Å². The number of hydrogen-bond acceptors (Lipinski definition) is 6. The van der Waals surface area contributed by atoms with E-state index in [-0.39, 0.29) is 30.3 Å². The molecular formula is C34H38O6. The molecule has 2 fully saturated rings. The van der Waals surface area contributed by atoms with Gasteiger partial charge in [0.25, 0.3) is 0 Å². The maximum Gasteiger partial charge on any atom is 0.338 e. The summed E-state index contributed by atoms with van der Waals surface area (Å²) >= 11 is 0. The van der Waals surface area contributed by atoms with Crippen molar-refractivity contribution < 1.29 is 28.6 Å². The van der Waals surface area contributed by atoms with Crippen LogP contribution in [0.25, 0.3) is 5.57 Å². The highest BCUT2D eigenvalue weighted by Gasteiger charge is 2.71. The van der Waals surface area contributed by atoms with E-state index in [2.05, 4.69) is 13.5 Å². The van der Waals surface area contributed by atoms with Crippen molar-refractivity contribution in [3.8, 4) is 0 Å². The minimum Gasteiger partial charge on any atom is -0.469 e. The zero-order chi connectivity index (χ0) is 28.1. The number of furan rings is 1. The molecule has 6 heteroatoms. The zero-order valence-corrected chi connectivity index (χ0v) is 23.3. The molecule has 4 aliphatic carbocycles. The lowest BCUT2D eigenvalue weighted by Gasteiger charge is -2.67. The van der Waals surface area contributed by atoms with Crippen molar-refractivity contribution in [2.24, 2.45) is 28.6 Å². The fourth-order valence-corrected chi connectivity index (χ4v) is 8.27. The lowest BCUT2D eigenvalue weighted by atomic mass is 9.41. The number of esters is 2. The lowest BCUT2D eigenvalue weighted by Crippen LogP contribution is -2.74. The summed E-state index contributed by atoms with van der Waals surface area (Å²) < 4.78 is 18.1. The summed E-state index contributed by atoms with van der Waals surface area (Å²) in [4.78, 5) is 26.5. The molecule has 0 spiro atoms. The SMILES string of the molecule is C=C1c2ccoc2C[C@@H]2[C@H]1C[C@@H](OC(=O)c1ccccc1)[C@@]1(O)[C@@](C)(COC(=O)[C@H]3C=CC=CC3)CCC[C@]21C. The Labute approximate surface area is 235 Å². The zero-order valence-electron chi connectivity index (χ0n) is 23.3. The van der Waals surface area contributed by atoms with Gasteiger partial charge in [0.2, 0.25) is 0 Å². The number of hydrogen-bond donors (Lipinski definition) is 1. The van der Waals surface area contributed by atoms with Crippen molar-refractivity contribution in [2.75, 3.05) is 6.61 Å². The number of carbonyl (C=O) groups excluding carboxylic acids is 2. The molecule has 4 aliphatic rings. The van der Waals surface area contributed by atoms with Crippen LogP contribution in [0.2, 0.25) is 0 Å². The first-order valence-corrected chi connectivity index (χ1v) is 14.4. The first kappa shape index (κ1) is 26.8. The van der Waals surface area contributed by atoms with Crippen LogP contribution in [0.4, 0.5) is 0 Å². The molecule has 6 rings (SSSR count). The van der Waals surface area contributed by atoms with Crippen molar-refractivity contribution >= 4 is 17.5 Å². The van der Waals surface area contributed by atoms with Gasteiger partial charge in [0.15, 0.2) is 0 Å². The van der Waals surface area contributed by atoms with Gasteiger partial charge in [-0.1, -0.05) is 69.4 Å². The van der Waals surface area contributed by atoms with Crippen LogP contribution in [0.15, 0.2) is 78.0 Å². The fraction of sp³-hybridized carbons (Fsp3) is 0.471. The summed E-state index contributed by atoms with van der Waals surface area (Å²) in [6.07, 6.45) is 12.5. The average Bonchev–Trinajstić information content (AvgIpc) is 3.45. The molecular weight excluding hydrogens is 504 g/mol. The lowest BCUT2D eigenvalue weighted by molar-refractivity contribution is -0.290. The maximum atomic E-state index is 13.4. The molecule has 0 aliphatic heterocycles. The molecule has 40 heavy (non-hydrogen) atoms. The van der Waals surface area contributed by atoms with E-state index in [4.69, 9.17) is 13.9 Å². The predicted molar refractivity (Wildman–Crippen MR) is 151 cm³/mol. The summed E-state index contributed by atoms with van der Waals surface area (Å²) in [6.45, 7) is 8.63. The Balaban J connectivity index is 1.38. The van der Waals surface area contributed by atoms with Gasteiger partial charge in [-0.15, -0.1) is 0 Å². The van der Waals surface area contributed by atoms with Crippen molar-refractivity contribution in [3.63, 3.8) is 0 Å². The molecule has 0 unspecified atom stereocenters. The third kappa shape index (κ3) is 4.02. The Morgan fingerprint density at radius 3 is 2.67 bits per heavy atom. The molecule has 7 atom stereocenters. The Bertz CT molecular complexity index is 1370. The summed E-state index contributed by atoms with van der Waals surface area (Å²) in [5.74, 6) is -0.139. The second kappa shape index (κ2) is 9.91. The third-order valence-electron chi connectivity index (χ3n) is 10.5. The second-order valence-corrected chi connectivity index (χ2v) is 12.6. The molecule has 0 bridgehead atoms. The van der Waals surface area contributed by atoms with Gasteiger partial charge in [-0.05, 0) is 61.3 Å².